The van der Waals surface area contributed by atoms with E-state index in [-0.39, 0.29) is 17.3 Å². The summed E-state index contributed by atoms with van der Waals surface area (Å²) in [6.45, 7) is 7.35. The maximum Gasteiger partial charge on any atom is 0.311 e. The first-order valence-corrected chi connectivity index (χ1v) is 8.45. The maximum absolute atomic E-state index is 11.6. The third-order valence-corrected chi connectivity index (χ3v) is 5.04. The molecule has 118 valence electrons. The molecule has 0 saturated carbocycles. The molecular weight excluding hydrogens is 288 g/mol. The Labute approximate surface area is 129 Å². The number of carbonyl (C=O) groups is 1. The molecule has 1 fully saturated rings. The minimum absolute atomic E-state index is 0.0957. The van der Waals surface area contributed by atoms with Crippen LogP contribution in [-0.2, 0) is 22.5 Å². The monoisotopic (exact) mass is 312 g/mol. The summed E-state index contributed by atoms with van der Waals surface area (Å²) in [4.78, 5) is 29.4. The average molecular weight is 312 g/mol. The second kappa shape index (κ2) is 7.22. The van der Waals surface area contributed by atoms with Crippen molar-refractivity contribution in [2.24, 2.45) is 0 Å². The van der Waals surface area contributed by atoms with Crippen LogP contribution < -0.4 is 4.87 Å². The van der Waals surface area contributed by atoms with Crippen molar-refractivity contribution in [3.05, 3.63) is 20.2 Å². The quantitative estimate of drug-likeness (QED) is 0.848. The number of aromatic nitrogens is 1. The van der Waals surface area contributed by atoms with E-state index < -0.39 is 0 Å². The Morgan fingerprint density at radius 2 is 2.05 bits per heavy atom. The standard InChI is InChI=1S/C15H24N2O3S/c1-4-20-14(18)8-12-13(21-15(19)16-12)9-17-10(2)6-5-7-11(17)3/h10-11H,4-9H2,1-3H3,(H,16,19). The van der Waals surface area contributed by atoms with Gasteiger partial charge in [-0.3, -0.25) is 14.5 Å². The van der Waals surface area contributed by atoms with Gasteiger partial charge in [-0.15, -0.1) is 0 Å². The lowest BCUT2D eigenvalue weighted by Gasteiger charge is -2.38. The molecule has 1 aliphatic rings. The summed E-state index contributed by atoms with van der Waals surface area (Å²) in [6.07, 6.45) is 3.80. The van der Waals surface area contributed by atoms with E-state index in [4.69, 9.17) is 4.74 Å². The van der Waals surface area contributed by atoms with Crippen LogP contribution in [0.5, 0.6) is 0 Å². The van der Waals surface area contributed by atoms with Crippen LogP contribution in [0.3, 0.4) is 0 Å². The van der Waals surface area contributed by atoms with Crippen LogP contribution in [0.2, 0.25) is 0 Å². The highest BCUT2D eigenvalue weighted by atomic mass is 32.1. The van der Waals surface area contributed by atoms with E-state index in [2.05, 4.69) is 23.7 Å². The first-order chi connectivity index (χ1) is 10.0. The van der Waals surface area contributed by atoms with Crippen LogP contribution in [-0.4, -0.2) is 34.5 Å². The number of ether oxygens (including phenoxy) is 1. The number of hydrogen-bond acceptors (Lipinski definition) is 5. The van der Waals surface area contributed by atoms with Crippen molar-refractivity contribution in [1.29, 1.82) is 0 Å². The summed E-state index contributed by atoms with van der Waals surface area (Å²) in [5, 5.41) is 0. The van der Waals surface area contributed by atoms with Gasteiger partial charge in [0, 0.05) is 29.2 Å². The van der Waals surface area contributed by atoms with Gasteiger partial charge in [0.2, 0.25) is 0 Å². The predicted molar refractivity (Wildman–Crippen MR) is 83.6 cm³/mol. The molecule has 2 heterocycles. The number of H-pyrrole nitrogens is 1. The second-order valence-electron chi connectivity index (χ2n) is 5.70. The average Bonchev–Trinajstić information content (AvgIpc) is 2.74. The lowest BCUT2D eigenvalue weighted by Crippen LogP contribution is -2.43. The third-order valence-electron chi connectivity index (χ3n) is 4.13. The molecular formula is C15H24N2O3S. The molecule has 1 N–H and O–H groups in total. The summed E-state index contributed by atoms with van der Waals surface area (Å²) in [5.74, 6) is -0.285. The number of thiazole rings is 1. The van der Waals surface area contributed by atoms with E-state index in [1.165, 1.54) is 30.6 Å². The molecule has 0 aliphatic carbocycles. The normalized spacial score (nSPS) is 23.2. The molecule has 0 aromatic carbocycles. The number of rotatable bonds is 5. The van der Waals surface area contributed by atoms with E-state index in [0.29, 0.717) is 24.4 Å². The molecule has 1 aromatic rings. The van der Waals surface area contributed by atoms with Crippen LogP contribution in [0.4, 0.5) is 0 Å². The van der Waals surface area contributed by atoms with Gasteiger partial charge in [-0.25, -0.2) is 0 Å². The molecule has 6 heteroatoms. The molecule has 2 atom stereocenters. The molecule has 5 nitrogen and oxygen atoms in total. The van der Waals surface area contributed by atoms with Crippen molar-refractivity contribution in [2.75, 3.05) is 6.61 Å². The van der Waals surface area contributed by atoms with Gasteiger partial charge in [-0.2, -0.15) is 0 Å². The zero-order chi connectivity index (χ0) is 15.4. The highest BCUT2D eigenvalue weighted by Gasteiger charge is 2.26. The summed E-state index contributed by atoms with van der Waals surface area (Å²) in [5.41, 5.74) is 0.716. The van der Waals surface area contributed by atoms with Crippen LogP contribution in [0.25, 0.3) is 0 Å². The molecule has 1 saturated heterocycles. The van der Waals surface area contributed by atoms with Gasteiger partial charge in [0.25, 0.3) is 0 Å². The number of carbonyl (C=O) groups excluding carboxylic acids is 1. The lowest BCUT2D eigenvalue weighted by molar-refractivity contribution is -0.142. The Morgan fingerprint density at radius 3 is 2.67 bits per heavy atom. The molecule has 0 amide bonds. The molecule has 2 unspecified atom stereocenters. The lowest BCUT2D eigenvalue weighted by atomic mass is 9.97. The number of nitrogens with one attached hydrogen (secondary N) is 1. The van der Waals surface area contributed by atoms with Crippen molar-refractivity contribution in [3.8, 4) is 0 Å². The molecule has 0 bridgehead atoms. The zero-order valence-corrected chi connectivity index (χ0v) is 13.8. The summed E-state index contributed by atoms with van der Waals surface area (Å²) < 4.78 is 4.97. The van der Waals surface area contributed by atoms with Gasteiger partial charge in [0.05, 0.1) is 13.0 Å². The number of hydrogen-bond donors (Lipinski definition) is 1. The minimum atomic E-state index is -0.285. The fourth-order valence-corrected chi connectivity index (χ4v) is 3.83. The topological polar surface area (TPSA) is 62.4 Å². The minimum Gasteiger partial charge on any atom is -0.466 e. The summed E-state index contributed by atoms with van der Waals surface area (Å²) >= 11 is 1.21. The number of likely N-dealkylation sites (tertiary alicyclic amines) is 1. The summed E-state index contributed by atoms with van der Waals surface area (Å²) in [7, 11) is 0. The van der Waals surface area contributed by atoms with Crippen molar-refractivity contribution in [1.82, 2.24) is 9.88 Å². The molecule has 0 radical (unpaired) electrons. The Kier molecular flexibility index (Phi) is 5.58. The van der Waals surface area contributed by atoms with E-state index >= 15 is 0 Å². The van der Waals surface area contributed by atoms with Gasteiger partial charge in [-0.05, 0) is 33.6 Å². The van der Waals surface area contributed by atoms with Crippen LogP contribution in [0.15, 0.2) is 4.79 Å². The van der Waals surface area contributed by atoms with Gasteiger partial charge in [0.1, 0.15) is 0 Å². The van der Waals surface area contributed by atoms with Gasteiger partial charge in [0.15, 0.2) is 0 Å². The van der Waals surface area contributed by atoms with Gasteiger partial charge in [-0.1, -0.05) is 17.8 Å². The summed E-state index contributed by atoms with van der Waals surface area (Å²) in [6, 6.07) is 1.03. The van der Waals surface area contributed by atoms with E-state index in [0.717, 1.165) is 11.4 Å². The van der Waals surface area contributed by atoms with E-state index in [1.807, 2.05) is 0 Å². The smallest absolute Gasteiger partial charge is 0.311 e. The molecule has 1 aliphatic heterocycles. The van der Waals surface area contributed by atoms with Crippen molar-refractivity contribution in [2.45, 2.75) is 65.1 Å². The van der Waals surface area contributed by atoms with E-state index in [1.54, 1.807) is 6.92 Å². The Hall–Kier alpha value is -1.14. The molecule has 21 heavy (non-hydrogen) atoms. The third kappa shape index (κ3) is 4.17. The Bertz CT molecular complexity index is 527. The van der Waals surface area contributed by atoms with Crippen molar-refractivity contribution < 1.29 is 9.53 Å². The molecule has 1 aromatic heterocycles. The number of piperidine rings is 1. The molecule has 0 spiro atoms. The largest absolute Gasteiger partial charge is 0.466 e. The number of esters is 1. The fraction of sp³-hybridized carbons (Fsp3) is 0.733. The van der Waals surface area contributed by atoms with Crippen molar-refractivity contribution >= 4 is 17.3 Å². The highest BCUT2D eigenvalue weighted by Crippen LogP contribution is 2.26. The van der Waals surface area contributed by atoms with Crippen LogP contribution in [0, 0.1) is 0 Å². The van der Waals surface area contributed by atoms with Gasteiger partial charge >= 0.3 is 10.8 Å². The maximum atomic E-state index is 11.6. The van der Waals surface area contributed by atoms with Gasteiger partial charge < -0.3 is 9.72 Å². The Balaban J connectivity index is 2.12. The van der Waals surface area contributed by atoms with E-state index in [9.17, 15) is 9.59 Å². The molecule has 2 rings (SSSR count). The van der Waals surface area contributed by atoms with Crippen molar-refractivity contribution in [3.63, 3.8) is 0 Å². The Morgan fingerprint density at radius 1 is 1.38 bits per heavy atom. The number of aromatic amines is 1. The fourth-order valence-electron chi connectivity index (χ4n) is 2.97. The van der Waals surface area contributed by atoms with Crippen LogP contribution >= 0.6 is 11.3 Å². The first-order valence-electron chi connectivity index (χ1n) is 7.63. The SMILES string of the molecule is CCOC(=O)Cc1[nH]c(=O)sc1CN1C(C)CCCC1C. The van der Waals surface area contributed by atoms with Crippen LogP contribution in [0.1, 0.15) is 50.6 Å². The number of nitrogens with zero attached hydrogens (tertiary/aromatic N) is 1. The zero-order valence-electron chi connectivity index (χ0n) is 13.0. The predicted octanol–water partition coefficient (Wildman–Crippen LogP) is 2.30. The second-order valence-corrected chi connectivity index (χ2v) is 6.77. The highest BCUT2D eigenvalue weighted by molar-refractivity contribution is 7.09. The first kappa shape index (κ1) is 16.2.